The van der Waals surface area contributed by atoms with Crippen LogP contribution in [0.1, 0.15) is 24.2 Å². The number of nitrogens with zero attached hydrogens (tertiary/aromatic N) is 2. The summed E-state index contributed by atoms with van der Waals surface area (Å²) < 4.78 is 6.26. The number of ether oxygens (including phenoxy) is 1. The Kier molecular flexibility index (Phi) is 5.82. The van der Waals surface area contributed by atoms with Crippen LogP contribution in [0.25, 0.3) is 10.9 Å². The molecule has 0 radical (unpaired) electrons. The minimum Gasteiger partial charge on any atom is -0.451 e. The largest absolute Gasteiger partial charge is 0.451 e. The van der Waals surface area contributed by atoms with E-state index in [0.29, 0.717) is 22.2 Å². The molecule has 0 saturated heterocycles. The smallest absolute Gasteiger partial charge is 0.326 e. The summed E-state index contributed by atoms with van der Waals surface area (Å²) in [5.41, 5.74) is 1.03. The van der Waals surface area contributed by atoms with Crippen LogP contribution in [-0.2, 0) is 20.9 Å². The molecule has 1 N–H and O–H groups in total. The standard InChI is InChI=1S/C21H19N3O5/c1-13(25)15-6-5-7-16(10-15)23-20(27)14(2)29-19(26)11-24-12-22-18-9-4-3-8-17(18)21(24)28/h3-10,12,14H,11H2,1-2H3,(H,23,27)/t14-/m1/s1. The number of benzene rings is 2. The van der Waals surface area contributed by atoms with Crippen LogP contribution >= 0.6 is 0 Å². The summed E-state index contributed by atoms with van der Waals surface area (Å²) in [7, 11) is 0. The van der Waals surface area contributed by atoms with Crippen molar-refractivity contribution >= 4 is 34.3 Å². The molecular formula is C21H19N3O5. The van der Waals surface area contributed by atoms with Gasteiger partial charge in [-0.25, -0.2) is 4.98 Å². The Hall–Kier alpha value is -3.81. The molecule has 1 heterocycles. The highest BCUT2D eigenvalue weighted by Gasteiger charge is 2.19. The lowest BCUT2D eigenvalue weighted by Gasteiger charge is -2.14. The van der Waals surface area contributed by atoms with Crippen molar-refractivity contribution in [2.75, 3.05) is 5.32 Å². The zero-order chi connectivity index (χ0) is 21.0. The predicted octanol–water partition coefficient (Wildman–Crippen LogP) is 2.17. The molecule has 0 aliphatic heterocycles. The van der Waals surface area contributed by atoms with Gasteiger partial charge in [-0.1, -0.05) is 24.3 Å². The second-order valence-electron chi connectivity index (χ2n) is 6.45. The van der Waals surface area contributed by atoms with E-state index in [9.17, 15) is 19.2 Å². The zero-order valence-corrected chi connectivity index (χ0v) is 15.9. The molecule has 0 aliphatic carbocycles. The SMILES string of the molecule is CC(=O)c1cccc(NC(=O)[C@@H](C)OC(=O)Cn2cnc3ccccc3c2=O)c1. The van der Waals surface area contributed by atoms with Crippen molar-refractivity contribution in [3.63, 3.8) is 0 Å². The van der Waals surface area contributed by atoms with E-state index < -0.39 is 18.0 Å². The molecular weight excluding hydrogens is 374 g/mol. The second-order valence-corrected chi connectivity index (χ2v) is 6.45. The fourth-order valence-corrected chi connectivity index (χ4v) is 2.71. The molecule has 0 unspecified atom stereocenters. The highest BCUT2D eigenvalue weighted by molar-refractivity contribution is 5.98. The Bertz CT molecular complexity index is 1150. The molecule has 2 aromatic carbocycles. The Morgan fingerprint density at radius 3 is 2.66 bits per heavy atom. The zero-order valence-electron chi connectivity index (χ0n) is 15.9. The highest BCUT2D eigenvalue weighted by Crippen LogP contribution is 2.12. The first-order valence-corrected chi connectivity index (χ1v) is 8.90. The number of carbonyl (C=O) groups is 3. The van der Waals surface area contributed by atoms with Crippen molar-refractivity contribution in [3.05, 3.63) is 70.8 Å². The van der Waals surface area contributed by atoms with Crippen molar-refractivity contribution in [3.8, 4) is 0 Å². The average Bonchev–Trinajstić information content (AvgIpc) is 2.70. The first-order valence-electron chi connectivity index (χ1n) is 8.90. The van der Waals surface area contributed by atoms with Gasteiger partial charge in [0.2, 0.25) is 0 Å². The molecule has 29 heavy (non-hydrogen) atoms. The van der Waals surface area contributed by atoms with Crippen LogP contribution in [0.4, 0.5) is 5.69 Å². The van der Waals surface area contributed by atoms with Crippen molar-refractivity contribution < 1.29 is 19.1 Å². The van der Waals surface area contributed by atoms with Gasteiger partial charge in [-0.05, 0) is 38.1 Å². The van der Waals surface area contributed by atoms with Gasteiger partial charge in [0, 0.05) is 11.3 Å². The molecule has 1 amide bonds. The number of nitrogens with one attached hydrogen (secondary N) is 1. The number of ketones is 1. The number of amides is 1. The number of Topliss-reactive ketones (excluding diaryl/α,β-unsaturated/α-hetero) is 1. The maximum atomic E-state index is 12.4. The molecule has 8 heteroatoms. The van der Waals surface area contributed by atoms with Crippen molar-refractivity contribution in [1.82, 2.24) is 9.55 Å². The molecule has 3 aromatic rings. The normalized spacial score (nSPS) is 11.7. The van der Waals surface area contributed by atoms with E-state index in [1.807, 2.05) is 0 Å². The van der Waals surface area contributed by atoms with Gasteiger partial charge in [0.25, 0.3) is 11.5 Å². The number of rotatable bonds is 6. The molecule has 3 rings (SSSR count). The van der Waals surface area contributed by atoms with E-state index in [1.165, 1.54) is 26.2 Å². The van der Waals surface area contributed by atoms with Gasteiger partial charge >= 0.3 is 5.97 Å². The third-order valence-electron chi connectivity index (χ3n) is 4.25. The van der Waals surface area contributed by atoms with Crippen molar-refractivity contribution in [2.24, 2.45) is 0 Å². The number of anilines is 1. The van der Waals surface area contributed by atoms with Crippen LogP contribution in [0.2, 0.25) is 0 Å². The summed E-state index contributed by atoms with van der Waals surface area (Å²) in [6.07, 6.45) is 0.178. The lowest BCUT2D eigenvalue weighted by Crippen LogP contribution is -2.33. The summed E-state index contributed by atoms with van der Waals surface area (Å²) in [6.45, 7) is 2.48. The van der Waals surface area contributed by atoms with E-state index in [1.54, 1.807) is 42.5 Å². The maximum absolute atomic E-state index is 12.4. The second kappa shape index (κ2) is 8.47. The topological polar surface area (TPSA) is 107 Å². The predicted molar refractivity (Wildman–Crippen MR) is 107 cm³/mol. The van der Waals surface area contributed by atoms with Crippen molar-refractivity contribution in [2.45, 2.75) is 26.5 Å². The lowest BCUT2D eigenvalue weighted by molar-refractivity contribution is -0.153. The van der Waals surface area contributed by atoms with E-state index in [4.69, 9.17) is 4.74 Å². The number of hydrogen-bond acceptors (Lipinski definition) is 6. The van der Waals surface area contributed by atoms with Gasteiger partial charge in [0.15, 0.2) is 11.9 Å². The van der Waals surface area contributed by atoms with E-state index in [2.05, 4.69) is 10.3 Å². The molecule has 8 nitrogen and oxygen atoms in total. The number of aromatic nitrogens is 2. The minimum atomic E-state index is -1.09. The summed E-state index contributed by atoms with van der Waals surface area (Å²) in [6, 6.07) is 13.2. The molecule has 148 valence electrons. The Morgan fingerprint density at radius 2 is 1.90 bits per heavy atom. The monoisotopic (exact) mass is 393 g/mol. The van der Waals surface area contributed by atoms with Crippen LogP contribution in [0.5, 0.6) is 0 Å². The minimum absolute atomic E-state index is 0.130. The third-order valence-corrected chi connectivity index (χ3v) is 4.25. The van der Waals surface area contributed by atoms with Gasteiger partial charge in [0.1, 0.15) is 6.54 Å². The van der Waals surface area contributed by atoms with Crippen LogP contribution < -0.4 is 10.9 Å². The van der Waals surface area contributed by atoms with Crippen LogP contribution in [0.3, 0.4) is 0 Å². The highest BCUT2D eigenvalue weighted by atomic mass is 16.5. The van der Waals surface area contributed by atoms with Gasteiger partial charge in [-0.3, -0.25) is 23.7 Å². The Morgan fingerprint density at radius 1 is 1.14 bits per heavy atom. The number of hydrogen-bond donors (Lipinski definition) is 1. The van der Waals surface area contributed by atoms with E-state index >= 15 is 0 Å². The fraction of sp³-hybridized carbons (Fsp3) is 0.190. The van der Waals surface area contributed by atoms with Crippen molar-refractivity contribution in [1.29, 1.82) is 0 Å². The van der Waals surface area contributed by atoms with Crippen LogP contribution in [-0.4, -0.2) is 33.3 Å². The quantitative estimate of drug-likeness (QED) is 0.508. The van der Waals surface area contributed by atoms with Gasteiger partial charge in [-0.2, -0.15) is 0 Å². The first kappa shape index (κ1) is 19.9. The molecule has 0 saturated carbocycles. The van der Waals surface area contributed by atoms with Crippen LogP contribution in [0.15, 0.2) is 59.7 Å². The molecule has 0 aliphatic rings. The molecule has 0 fully saturated rings. The molecule has 1 atom stereocenters. The van der Waals surface area contributed by atoms with E-state index in [-0.39, 0.29) is 17.9 Å². The maximum Gasteiger partial charge on any atom is 0.326 e. The first-order chi connectivity index (χ1) is 13.8. The number of carbonyl (C=O) groups excluding carboxylic acids is 3. The molecule has 1 aromatic heterocycles. The number of esters is 1. The summed E-state index contributed by atoms with van der Waals surface area (Å²) in [5.74, 6) is -1.43. The molecule has 0 spiro atoms. The lowest BCUT2D eigenvalue weighted by atomic mass is 10.1. The summed E-state index contributed by atoms with van der Waals surface area (Å²) >= 11 is 0. The number of fused-ring (bicyclic) bond motifs is 1. The Labute approximate surface area is 166 Å². The third kappa shape index (κ3) is 4.73. The summed E-state index contributed by atoms with van der Waals surface area (Å²) in [5, 5.41) is 2.98. The average molecular weight is 393 g/mol. The van der Waals surface area contributed by atoms with Gasteiger partial charge < -0.3 is 10.1 Å². The number of para-hydroxylation sites is 1. The molecule has 0 bridgehead atoms. The van der Waals surface area contributed by atoms with E-state index in [0.717, 1.165) is 4.57 Å². The fourth-order valence-electron chi connectivity index (χ4n) is 2.71. The Balaban J connectivity index is 1.64. The van der Waals surface area contributed by atoms with Crippen LogP contribution in [0, 0.1) is 0 Å². The summed E-state index contributed by atoms with van der Waals surface area (Å²) in [4.78, 5) is 52.4. The van der Waals surface area contributed by atoms with Gasteiger partial charge in [-0.15, -0.1) is 0 Å². The van der Waals surface area contributed by atoms with Gasteiger partial charge in [0.05, 0.1) is 17.2 Å².